The number of para-hydroxylation sites is 2. The number of carbonyl (C=O) groups is 1. The molecular formula is C19H26N4O. The first-order chi connectivity index (χ1) is 11.6. The van der Waals surface area contributed by atoms with Gasteiger partial charge in [-0.2, -0.15) is 0 Å². The molecule has 1 aromatic carbocycles. The van der Waals surface area contributed by atoms with E-state index in [1.165, 1.54) is 19.3 Å². The maximum atomic E-state index is 12.5. The first kappa shape index (κ1) is 16.8. The van der Waals surface area contributed by atoms with Crippen molar-refractivity contribution in [3.63, 3.8) is 0 Å². The number of fused-ring (bicyclic) bond motifs is 1. The lowest BCUT2D eigenvalue weighted by molar-refractivity contribution is -0.126. The van der Waals surface area contributed by atoms with E-state index in [-0.39, 0.29) is 11.9 Å². The summed E-state index contributed by atoms with van der Waals surface area (Å²) in [5.74, 6) is 0.109. The fourth-order valence-electron chi connectivity index (χ4n) is 3.23. The normalized spacial score (nSPS) is 17.1. The van der Waals surface area contributed by atoms with Gasteiger partial charge in [-0.15, -0.1) is 0 Å². The van der Waals surface area contributed by atoms with E-state index in [9.17, 15) is 4.79 Å². The third-order valence-corrected chi connectivity index (χ3v) is 4.90. The van der Waals surface area contributed by atoms with Gasteiger partial charge in [-0.25, -0.2) is 4.98 Å². The zero-order valence-electron chi connectivity index (χ0n) is 14.5. The summed E-state index contributed by atoms with van der Waals surface area (Å²) in [6, 6.07) is 8.01. The highest BCUT2D eigenvalue weighted by molar-refractivity contribution is 5.81. The van der Waals surface area contributed by atoms with Gasteiger partial charge in [-0.05, 0) is 38.9 Å². The van der Waals surface area contributed by atoms with Gasteiger partial charge in [0.15, 0.2) is 0 Å². The molecule has 0 saturated heterocycles. The molecule has 1 amide bonds. The number of aromatic nitrogens is 2. The van der Waals surface area contributed by atoms with Crippen molar-refractivity contribution in [2.45, 2.75) is 57.7 Å². The Hall–Kier alpha value is -2.01. The maximum absolute atomic E-state index is 12.5. The zero-order valence-corrected chi connectivity index (χ0v) is 14.5. The number of nitrogens with zero attached hydrogens (tertiary/aromatic N) is 3. The largest absolute Gasteiger partial charge is 0.352 e. The number of nitrogens with one attached hydrogen (secondary N) is 1. The minimum Gasteiger partial charge on any atom is -0.352 e. The minimum atomic E-state index is -0.180. The van der Waals surface area contributed by atoms with Crippen LogP contribution in [0.3, 0.4) is 0 Å². The molecule has 1 unspecified atom stereocenters. The van der Waals surface area contributed by atoms with Crippen molar-refractivity contribution in [2.24, 2.45) is 0 Å². The van der Waals surface area contributed by atoms with Crippen molar-refractivity contribution >= 4 is 16.9 Å². The van der Waals surface area contributed by atoms with Crippen LogP contribution in [0, 0.1) is 0 Å². The van der Waals surface area contributed by atoms with Gasteiger partial charge in [-0.3, -0.25) is 14.7 Å². The summed E-state index contributed by atoms with van der Waals surface area (Å²) in [5, 5.41) is 3.20. The second-order valence-electron chi connectivity index (χ2n) is 6.78. The van der Waals surface area contributed by atoms with Gasteiger partial charge in [-0.1, -0.05) is 31.4 Å². The molecule has 1 fully saturated rings. The Morgan fingerprint density at radius 3 is 2.71 bits per heavy atom. The summed E-state index contributed by atoms with van der Waals surface area (Å²) < 4.78 is 0. The Morgan fingerprint density at radius 2 is 1.96 bits per heavy atom. The van der Waals surface area contributed by atoms with Crippen molar-refractivity contribution in [3.05, 3.63) is 36.2 Å². The molecule has 0 bridgehead atoms. The first-order valence-electron chi connectivity index (χ1n) is 8.85. The Labute approximate surface area is 143 Å². The predicted molar refractivity (Wildman–Crippen MR) is 95.5 cm³/mol. The molecule has 1 heterocycles. The van der Waals surface area contributed by atoms with E-state index >= 15 is 0 Å². The number of amides is 1. The predicted octanol–water partition coefficient (Wildman–Crippen LogP) is 2.90. The van der Waals surface area contributed by atoms with Crippen molar-refractivity contribution < 1.29 is 4.79 Å². The van der Waals surface area contributed by atoms with Crippen LogP contribution < -0.4 is 5.32 Å². The van der Waals surface area contributed by atoms with Crippen molar-refractivity contribution in [1.82, 2.24) is 20.2 Å². The zero-order chi connectivity index (χ0) is 16.9. The van der Waals surface area contributed by atoms with Gasteiger partial charge in [0.2, 0.25) is 5.91 Å². The van der Waals surface area contributed by atoms with Gasteiger partial charge in [0.05, 0.1) is 29.0 Å². The number of likely N-dealkylation sites (N-methyl/N-ethyl adjacent to an activating group) is 1. The summed E-state index contributed by atoms with van der Waals surface area (Å²) >= 11 is 0. The molecule has 5 heteroatoms. The summed E-state index contributed by atoms with van der Waals surface area (Å²) in [4.78, 5) is 23.6. The highest BCUT2D eigenvalue weighted by Crippen LogP contribution is 2.18. The molecule has 128 valence electrons. The lowest BCUT2D eigenvalue weighted by Gasteiger charge is -2.28. The number of carbonyl (C=O) groups excluding carboxylic acids is 1. The lowest BCUT2D eigenvalue weighted by atomic mass is 9.95. The second-order valence-corrected chi connectivity index (χ2v) is 6.78. The Bertz CT molecular complexity index is 697. The molecule has 1 aliphatic rings. The van der Waals surface area contributed by atoms with Crippen molar-refractivity contribution in [3.8, 4) is 0 Å². The SMILES string of the molecule is CC(C(=O)NC1CCCCC1)N(C)Cc1cnc2ccccc2n1. The number of hydrogen-bond acceptors (Lipinski definition) is 4. The third kappa shape index (κ3) is 4.09. The van der Waals surface area contributed by atoms with Crippen LogP contribution >= 0.6 is 0 Å². The van der Waals surface area contributed by atoms with E-state index in [2.05, 4.69) is 15.3 Å². The Kier molecular flexibility index (Phi) is 5.41. The minimum absolute atomic E-state index is 0.109. The average molecular weight is 326 g/mol. The maximum Gasteiger partial charge on any atom is 0.237 e. The second kappa shape index (κ2) is 7.71. The van der Waals surface area contributed by atoms with Crippen LogP contribution in [0.1, 0.15) is 44.7 Å². The first-order valence-corrected chi connectivity index (χ1v) is 8.85. The lowest BCUT2D eigenvalue weighted by Crippen LogP contribution is -2.47. The molecular weight excluding hydrogens is 300 g/mol. The smallest absolute Gasteiger partial charge is 0.237 e. The summed E-state index contributed by atoms with van der Waals surface area (Å²) in [6.45, 7) is 2.56. The molecule has 1 atom stereocenters. The van der Waals surface area contributed by atoms with E-state index in [0.29, 0.717) is 12.6 Å². The van der Waals surface area contributed by atoms with Crippen LogP contribution in [0.2, 0.25) is 0 Å². The number of rotatable bonds is 5. The van der Waals surface area contributed by atoms with Crippen LogP contribution in [0.5, 0.6) is 0 Å². The van der Waals surface area contributed by atoms with Gasteiger partial charge in [0, 0.05) is 12.6 Å². The fourth-order valence-corrected chi connectivity index (χ4v) is 3.23. The fraction of sp³-hybridized carbons (Fsp3) is 0.526. The monoisotopic (exact) mass is 326 g/mol. The quantitative estimate of drug-likeness (QED) is 0.918. The molecule has 3 rings (SSSR count). The van der Waals surface area contributed by atoms with Gasteiger partial charge in [0.25, 0.3) is 0 Å². The summed E-state index contributed by atoms with van der Waals surface area (Å²) in [5.41, 5.74) is 2.67. The summed E-state index contributed by atoms with van der Waals surface area (Å²) in [7, 11) is 1.96. The van der Waals surface area contributed by atoms with Gasteiger partial charge < -0.3 is 5.32 Å². The number of benzene rings is 1. The molecule has 0 aliphatic heterocycles. The van der Waals surface area contributed by atoms with Crippen molar-refractivity contribution in [2.75, 3.05) is 7.05 Å². The Balaban J connectivity index is 1.59. The topological polar surface area (TPSA) is 58.1 Å². The highest BCUT2D eigenvalue weighted by atomic mass is 16.2. The van der Waals surface area contributed by atoms with Crippen LogP contribution in [0.15, 0.2) is 30.5 Å². The van der Waals surface area contributed by atoms with E-state index in [1.807, 2.05) is 43.1 Å². The molecule has 1 aromatic heterocycles. The van der Waals surface area contributed by atoms with Crippen LogP contribution in [-0.4, -0.2) is 39.9 Å². The van der Waals surface area contributed by atoms with E-state index in [0.717, 1.165) is 29.6 Å². The molecule has 0 spiro atoms. The molecule has 1 aliphatic carbocycles. The highest BCUT2D eigenvalue weighted by Gasteiger charge is 2.22. The van der Waals surface area contributed by atoms with Crippen LogP contribution in [-0.2, 0) is 11.3 Å². The van der Waals surface area contributed by atoms with E-state index < -0.39 is 0 Å². The van der Waals surface area contributed by atoms with Gasteiger partial charge >= 0.3 is 0 Å². The van der Waals surface area contributed by atoms with Crippen molar-refractivity contribution in [1.29, 1.82) is 0 Å². The molecule has 2 aromatic rings. The van der Waals surface area contributed by atoms with Gasteiger partial charge in [0.1, 0.15) is 0 Å². The molecule has 0 radical (unpaired) electrons. The molecule has 24 heavy (non-hydrogen) atoms. The molecule has 5 nitrogen and oxygen atoms in total. The molecule has 1 saturated carbocycles. The molecule has 1 N–H and O–H groups in total. The van der Waals surface area contributed by atoms with E-state index in [1.54, 1.807) is 6.20 Å². The van der Waals surface area contributed by atoms with E-state index in [4.69, 9.17) is 0 Å². The third-order valence-electron chi connectivity index (χ3n) is 4.90. The standard InChI is InChI=1S/C19H26N4O/c1-14(19(24)22-15-8-4-3-5-9-15)23(2)13-16-12-20-17-10-6-7-11-18(17)21-16/h6-7,10-12,14-15H,3-5,8-9,13H2,1-2H3,(H,22,24). The van der Waals surface area contributed by atoms with Crippen LogP contribution in [0.4, 0.5) is 0 Å². The number of hydrogen-bond donors (Lipinski definition) is 1. The Morgan fingerprint density at radius 1 is 1.25 bits per heavy atom. The average Bonchev–Trinajstić information content (AvgIpc) is 2.61. The summed E-state index contributed by atoms with van der Waals surface area (Å²) in [6.07, 6.45) is 7.76. The van der Waals surface area contributed by atoms with Crippen LogP contribution in [0.25, 0.3) is 11.0 Å².